The van der Waals surface area contributed by atoms with E-state index in [4.69, 9.17) is 9.84 Å². The third-order valence-corrected chi connectivity index (χ3v) is 4.69. The summed E-state index contributed by atoms with van der Waals surface area (Å²) in [5.41, 5.74) is 1.02. The lowest BCUT2D eigenvalue weighted by molar-refractivity contribution is 0.280. The van der Waals surface area contributed by atoms with Crippen LogP contribution in [0.4, 0.5) is 5.69 Å². The molecule has 0 saturated heterocycles. The number of aliphatic hydroxyl groups is 1. The van der Waals surface area contributed by atoms with E-state index >= 15 is 0 Å². The Hall–Kier alpha value is -1.57. The van der Waals surface area contributed by atoms with Crippen LogP contribution in [-0.4, -0.2) is 20.6 Å². The number of methoxy groups -OCH3 is 1. The first-order valence-electron chi connectivity index (χ1n) is 6.02. The summed E-state index contributed by atoms with van der Waals surface area (Å²) in [5.74, 6) is 0.184. The van der Waals surface area contributed by atoms with Gasteiger partial charge < -0.3 is 9.84 Å². The molecule has 0 unspecified atom stereocenters. The van der Waals surface area contributed by atoms with Crippen LogP contribution >= 0.6 is 15.9 Å². The summed E-state index contributed by atoms with van der Waals surface area (Å²) in [6.45, 7) is -0.185. The van der Waals surface area contributed by atoms with E-state index in [-0.39, 0.29) is 17.3 Å². The van der Waals surface area contributed by atoms with Gasteiger partial charge in [0.2, 0.25) is 0 Å². The molecule has 21 heavy (non-hydrogen) atoms. The summed E-state index contributed by atoms with van der Waals surface area (Å²) in [4.78, 5) is 0.0159. The van der Waals surface area contributed by atoms with Gasteiger partial charge >= 0.3 is 0 Å². The van der Waals surface area contributed by atoms with E-state index in [0.29, 0.717) is 11.3 Å². The molecule has 2 aromatic rings. The van der Waals surface area contributed by atoms with E-state index in [1.165, 1.54) is 25.3 Å². The Morgan fingerprint density at radius 2 is 2.00 bits per heavy atom. The maximum atomic E-state index is 12.4. The Morgan fingerprint density at radius 3 is 2.62 bits per heavy atom. The van der Waals surface area contributed by atoms with Gasteiger partial charge in [0.1, 0.15) is 10.6 Å². The maximum absolute atomic E-state index is 12.4. The minimum atomic E-state index is -3.78. The first-order chi connectivity index (χ1) is 9.96. The van der Waals surface area contributed by atoms with Crippen molar-refractivity contribution in [3.63, 3.8) is 0 Å². The molecule has 2 rings (SSSR count). The largest absolute Gasteiger partial charge is 0.495 e. The van der Waals surface area contributed by atoms with Crippen LogP contribution in [-0.2, 0) is 16.6 Å². The van der Waals surface area contributed by atoms with Gasteiger partial charge in [-0.05, 0) is 35.9 Å². The molecule has 0 atom stereocenters. The molecule has 2 N–H and O–H groups in total. The SMILES string of the molecule is COc1cc(CO)ccc1S(=O)(=O)Nc1cccc(Br)c1. The smallest absolute Gasteiger partial charge is 0.265 e. The quantitative estimate of drug-likeness (QED) is 0.846. The van der Waals surface area contributed by atoms with Crippen molar-refractivity contribution >= 4 is 31.6 Å². The minimum Gasteiger partial charge on any atom is -0.495 e. The fourth-order valence-electron chi connectivity index (χ4n) is 1.79. The summed E-state index contributed by atoms with van der Waals surface area (Å²) in [5, 5.41) is 9.09. The third-order valence-electron chi connectivity index (χ3n) is 2.78. The second-order valence-corrected chi connectivity index (χ2v) is 6.83. The molecule has 5 nitrogen and oxygen atoms in total. The van der Waals surface area contributed by atoms with Gasteiger partial charge in [-0.1, -0.05) is 28.1 Å². The lowest BCUT2D eigenvalue weighted by Gasteiger charge is -2.12. The van der Waals surface area contributed by atoms with E-state index in [0.717, 1.165) is 4.47 Å². The fourth-order valence-corrected chi connectivity index (χ4v) is 3.40. The summed E-state index contributed by atoms with van der Waals surface area (Å²) in [6.07, 6.45) is 0. The Morgan fingerprint density at radius 1 is 1.24 bits per heavy atom. The van der Waals surface area contributed by atoms with Crippen molar-refractivity contribution in [1.29, 1.82) is 0 Å². The number of aliphatic hydroxyl groups excluding tert-OH is 1. The number of hydrogen-bond donors (Lipinski definition) is 2. The van der Waals surface area contributed by atoms with Gasteiger partial charge in [0.15, 0.2) is 0 Å². The summed E-state index contributed by atoms with van der Waals surface area (Å²) in [6, 6.07) is 11.3. The van der Waals surface area contributed by atoms with Crippen molar-refractivity contribution in [2.75, 3.05) is 11.8 Å². The van der Waals surface area contributed by atoms with Crippen molar-refractivity contribution < 1.29 is 18.3 Å². The molecule has 7 heteroatoms. The number of hydrogen-bond acceptors (Lipinski definition) is 4. The molecule has 0 aromatic heterocycles. The average molecular weight is 372 g/mol. The number of ether oxygens (including phenoxy) is 1. The van der Waals surface area contributed by atoms with Crippen molar-refractivity contribution in [2.24, 2.45) is 0 Å². The molecule has 0 aliphatic rings. The zero-order valence-corrected chi connectivity index (χ0v) is 13.6. The number of nitrogens with one attached hydrogen (secondary N) is 1. The van der Waals surface area contributed by atoms with Crippen LogP contribution in [0.1, 0.15) is 5.56 Å². The van der Waals surface area contributed by atoms with E-state index in [2.05, 4.69) is 20.7 Å². The monoisotopic (exact) mass is 371 g/mol. The number of anilines is 1. The Labute approximate surface area is 131 Å². The number of sulfonamides is 1. The molecular formula is C14H14BrNO4S. The van der Waals surface area contributed by atoms with Crippen LogP contribution in [0.15, 0.2) is 51.8 Å². The van der Waals surface area contributed by atoms with Crippen LogP contribution in [0.5, 0.6) is 5.75 Å². The number of benzene rings is 2. The molecule has 0 fully saturated rings. The molecule has 0 radical (unpaired) electrons. The zero-order valence-electron chi connectivity index (χ0n) is 11.2. The Balaban J connectivity index is 2.40. The average Bonchev–Trinajstić information content (AvgIpc) is 2.46. The lowest BCUT2D eigenvalue weighted by Crippen LogP contribution is -2.14. The number of rotatable bonds is 5. The van der Waals surface area contributed by atoms with Gasteiger partial charge in [-0.25, -0.2) is 8.42 Å². The Kier molecular flexibility index (Phi) is 4.87. The molecule has 0 saturated carbocycles. The second kappa shape index (κ2) is 6.46. The zero-order chi connectivity index (χ0) is 15.5. The number of halogens is 1. The van der Waals surface area contributed by atoms with Crippen molar-refractivity contribution in [2.45, 2.75) is 11.5 Å². The van der Waals surface area contributed by atoms with Gasteiger partial charge in [-0.3, -0.25) is 4.72 Å². The van der Waals surface area contributed by atoms with E-state index in [1.807, 2.05) is 0 Å². The van der Waals surface area contributed by atoms with E-state index < -0.39 is 10.0 Å². The van der Waals surface area contributed by atoms with Crippen LogP contribution in [0.3, 0.4) is 0 Å². The fraction of sp³-hybridized carbons (Fsp3) is 0.143. The summed E-state index contributed by atoms with van der Waals surface area (Å²) in [7, 11) is -2.39. The third kappa shape index (κ3) is 3.75. The van der Waals surface area contributed by atoms with Crippen LogP contribution in [0.25, 0.3) is 0 Å². The van der Waals surface area contributed by atoms with Gasteiger partial charge in [-0.15, -0.1) is 0 Å². The normalized spacial score (nSPS) is 11.2. The molecule has 0 spiro atoms. The second-order valence-electron chi connectivity index (χ2n) is 4.26. The highest BCUT2D eigenvalue weighted by Crippen LogP contribution is 2.27. The molecule has 0 heterocycles. The first kappa shape index (κ1) is 15.8. The van der Waals surface area contributed by atoms with Crippen LogP contribution in [0.2, 0.25) is 0 Å². The topological polar surface area (TPSA) is 75.6 Å². The molecule has 112 valence electrons. The maximum Gasteiger partial charge on any atom is 0.265 e. The van der Waals surface area contributed by atoms with E-state index in [9.17, 15) is 8.42 Å². The highest BCUT2D eigenvalue weighted by Gasteiger charge is 2.20. The highest BCUT2D eigenvalue weighted by molar-refractivity contribution is 9.10. The van der Waals surface area contributed by atoms with Crippen molar-refractivity contribution in [1.82, 2.24) is 0 Å². The molecular weight excluding hydrogens is 358 g/mol. The van der Waals surface area contributed by atoms with Gasteiger partial charge in [0.25, 0.3) is 10.0 Å². The Bertz CT molecular complexity index is 746. The molecule has 2 aromatic carbocycles. The predicted octanol–water partition coefficient (Wildman–Crippen LogP) is 2.75. The predicted molar refractivity (Wildman–Crippen MR) is 83.9 cm³/mol. The summed E-state index contributed by atoms with van der Waals surface area (Å²) >= 11 is 3.29. The van der Waals surface area contributed by atoms with E-state index in [1.54, 1.807) is 24.3 Å². The van der Waals surface area contributed by atoms with Crippen molar-refractivity contribution in [3.8, 4) is 5.75 Å². The molecule has 0 bridgehead atoms. The molecule has 0 aliphatic carbocycles. The van der Waals surface area contributed by atoms with Crippen LogP contribution in [0, 0.1) is 0 Å². The van der Waals surface area contributed by atoms with Gasteiger partial charge in [0.05, 0.1) is 13.7 Å². The van der Waals surface area contributed by atoms with Gasteiger partial charge in [-0.2, -0.15) is 0 Å². The van der Waals surface area contributed by atoms with Crippen molar-refractivity contribution in [3.05, 3.63) is 52.5 Å². The standard InChI is InChI=1S/C14H14BrNO4S/c1-20-13-7-10(9-17)5-6-14(13)21(18,19)16-12-4-2-3-11(15)8-12/h2-8,16-17H,9H2,1H3. The first-order valence-corrected chi connectivity index (χ1v) is 8.30. The highest BCUT2D eigenvalue weighted by atomic mass is 79.9. The molecule has 0 amide bonds. The molecule has 0 aliphatic heterocycles. The summed E-state index contributed by atoms with van der Waals surface area (Å²) < 4.78 is 33.2. The van der Waals surface area contributed by atoms with Gasteiger partial charge in [0, 0.05) is 10.2 Å². The minimum absolute atomic E-state index is 0.0159. The lowest BCUT2D eigenvalue weighted by atomic mass is 10.2. The van der Waals surface area contributed by atoms with Crippen LogP contribution < -0.4 is 9.46 Å².